The van der Waals surface area contributed by atoms with Gasteiger partial charge in [-0.15, -0.1) is 0 Å². The van der Waals surface area contributed by atoms with E-state index in [0.29, 0.717) is 0 Å². The van der Waals surface area contributed by atoms with Gasteiger partial charge in [-0.1, -0.05) is 17.7 Å². The van der Waals surface area contributed by atoms with Gasteiger partial charge in [-0.3, -0.25) is 4.79 Å². The Kier molecular flexibility index (Phi) is 6.94. The van der Waals surface area contributed by atoms with E-state index >= 15 is 0 Å². The molecule has 31 heavy (non-hydrogen) atoms. The number of carbonyl (C=O) groups is 2. The normalized spacial score (nSPS) is 15.8. The Labute approximate surface area is 182 Å². The number of amides is 3. The summed E-state index contributed by atoms with van der Waals surface area (Å²) >= 11 is 5.93. The molecule has 1 heterocycles. The van der Waals surface area contributed by atoms with Crippen LogP contribution in [0, 0.1) is 11.6 Å². The SMILES string of the molecule is CC(C)Oc1cc(NC(=O)N2CCC(F)C2)c(F)cc1C(=O)Nc1c(F)cccc1Cl. The predicted octanol–water partition coefficient (Wildman–Crippen LogP) is 5.23. The molecule has 0 spiro atoms. The van der Waals surface area contributed by atoms with E-state index in [1.165, 1.54) is 17.0 Å². The molecule has 1 aliphatic heterocycles. The highest BCUT2D eigenvalue weighted by molar-refractivity contribution is 6.34. The molecule has 1 fully saturated rings. The molecule has 2 aromatic carbocycles. The van der Waals surface area contributed by atoms with Gasteiger partial charge in [0.2, 0.25) is 0 Å². The van der Waals surface area contributed by atoms with Gasteiger partial charge in [-0.25, -0.2) is 18.0 Å². The molecule has 0 radical (unpaired) electrons. The van der Waals surface area contributed by atoms with Gasteiger partial charge in [0.05, 0.1) is 34.6 Å². The largest absolute Gasteiger partial charge is 0.490 e. The second-order valence-corrected chi connectivity index (χ2v) is 7.71. The molecule has 2 N–H and O–H groups in total. The number of nitrogens with zero attached hydrogens (tertiary/aromatic N) is 1. The van der Waals surface area contributed by atoms with Gasteiger partial charge in [-0.2, -0.15) is 0 Å². The first-order valence-corrected chi connectivity index (χ1v) is 9.99. The maximum atomic E-state index is 14.7. The Morgan fingerprint density at radius 2 is 1.94 bits per heavy atom. The average Bonchev–Trinajstić information content (AvgIpc) is 3.13. The van der Waals surface area contributed by atoms with Crippen molar-refractivity contribution in [2.45, 2.75) is 32.5 Å². The van der Waals surface area contributed by atoms with Crippen LogP contribution in [0.5, 0.6) is 5.75 Å². The van der Waals surface area contributed by atoms with Crippen molar-refractivity contribution >= 4 is 34.9 Å². The van der Waals surface area contributed by atoms with Gasteiger partial charge in [0, 0.05) is 12.6 Å². The summed E-state index contributed by atoms with van der Waals surface area (Å²) in [5, 5.41) is 4.66. The van der Waals surface area contributed by atoms with Gasteiger partial charge in [0.25, 0.3) is 5.91 Å². The highest BCUT2D eigenvalue weighted by Gasteiger charge is 2.27. The third-order valence-corrected chi connectivity index (χ3v) is 4.85. The molecule has 0 bridgehead atoms. The summed E-state index contributed by atoms with van der Waals surface area (Å²) in [7, 11) is 0. The summed E-state index contributed by atoms with van der Waals surface area (Å²) in [6, 6.07) is 5.26. The number of anilines is 2. The van der Waals surface area contributed by atoms with E-state index in [0.717, 1.165) is 18.2 Å². The first kappa shape index (κ1) is 22.7. The summed E-state index contributed by atoms with van der Waals surface area (Å²) < 4.78 is 47.7. The lowest BCUT2D eigenvalue weighted by molar-refractivity contribution is 0.102. The lowest BCUT2D eigenvalue weighted by Gasteiger charge is -2.19. The van der Waals surface area contributed by atoms with Crippen LogP contribution < -0.4 is 15.4 Å². The number of rotatable bonds is 5. The smallest absolute Gasteiger partial charge is 0.322 e. The maximum Gasteiger partial charge on any atom is 0.322 e. The number of hydrogen-bond acceptors (Lipinski definition) is 3. The Bertz CT molecular complexity index is 983. The number of likely N-dealkylation sites (tertiary alicyclic amines) is 1. The lowest BCUT2D eigenvalue weighted by atomic mass is 10.1. The molecule has 0 saturated carbocycles. The number of alkyl halides is 1. The second kappa shape index (κ2) is 9.47. The molecule has 3 rings (SSSR count). The fourth-order valence-electron chi connectivity index (χ4n) is 3.07. The highest BCUT2D eigenvalue weighted by Crippen LogP contribution is 2.31. The summed E-state index contributed by atoms with van der Waals surface area (Å²) in [6.45, 7) is 3.53. The van der Waals surface area contributed by atoms with Crippen molar-refractivity contribution in [2.24, 2.45) is 0 Å². The Morgan fingerprint density at radius 3 is 2.55 bits per heavy atom. The fraction of sp³-hybridized carbons (Fsp3) is 0.333. The lowest BCUT2D eigenvalue weighted by Crippen LogP contribution is -2.33. The molecule has 6 nitrogen and oxygen atoms in total. The molecular weight excluding hydrogens is 435 g/mol. The zero-order valence-electron chi connectivity index (χ0n) is 16.8. The number of para-hydroxylation sites is 1. The van der Waals surface area contributed by atoms with Crippen molar-refractivity contribution in [2.75, 3.05) is 23.7 Å². The predicted molar refractivity (Wildman–Crippen MR) is 112 cm³/mol. The minimum atomic E-state index is -1.12. The van der Waals surface area contributed by atoms with Crippen molar-refractivity contribution in [3.8, 4) is 5.75 Å². The topological polar surface area (TPSA) is 70.7 Å². The number of carbonyl (C=O) groups excluding carboxylic acids is 2. The standard InChI is InChI=1S/C21H21ClF3N3O3/c1-11(2)31-18-9-17(26-21(30)28-7-6-12(23)10-28)16(25)8-13(18)20(29)27-19-14(22)4-3-5-15(19)24/h3-5,8-9,11-12H,6-7,10H2,1-2H3,(H,26,30)(H,27,29). The summed E-state index contributed by atoms with van der Waals surface area (Å²) in [6.07, 6.45) is -1.29. The minimum Gasteiger partial charge on any atom is -0.490 e. The van der Waals surface area contributed by atoms with Crippen LogP contribution in [-0.4, -0.2) is 42.2 Å². The van der Waals surface area contributed by atoms with Crippen LogP contribution in [0.15, 0.2) is 30.3 Å². The molecule has 1 aliphatic rings. The van der Waals surface area contributed by atoms with E-state index in [1.807, 2.05) is 0 Å². The molecule has 1 atom stereocenters. The van der Waals surface area contributed by atoms with Crippen molar-refractivity contribution in [1.29, 1.82) is 0 Å². The molecule has 3 amide bonds. The van der Waals surface area contributed by atoms with E-state index < -0.39 is 29.7 Å². The van der Waals surface area contributed by atoms with E-state index in [-0.39, 0.29) is 53.3 Å². The van der Waals surface area contributed by atoms with Crippen molar-refractivity contribution in [3.05, 3.63) is 52.6 Å². The Morgan fingerprint density at radius 1 is 1.19 bits per heavy atom. The van der Waals surface area contributed by atoms with Gasteiger partial charge >= 0.3 is 6.03 Å². The van der Waals surface area contributed by atoms with Crippen LogP contribution in [0.4, 0.5) is 29.3 Å². The van der Waals surface area contributed by atoms with Gasteiger partial charge in [0.1, 0.15) is 23.6 Å². The molecule has 10 heteroatoms. The van der Waals surface area contributed by atoms with Gasteiger partial charge in [-0.05, 0) is 38.5 Å². The highest BCUT2D eigenvalue weighted by atomic mass is 35.5. The van der Waals surface area contributed by atoms with E-state index in [2.05, 4.69) is 10.6 Å². The second-order valence-electron chi connectivity index (χ2n) is 7.31. The van der Waals surface area contributed by atoms with Crippen LogP contribution in [0.1, 0.15) is 30.6 Å². The number of ether oxygens (including phenoxy) is 1. The van der Waals surface area contributed by atoms with Crippen molar-refractivity contribution in [1.82, 2.24) is 4.90 Å². The first-order valence-electron chi connectivity index (χ1n) is 9.61. The molecule has 1 saturated heterocycles. The quantitative estimate of drug-likeness (QED) is 0.648. The minimum absolute atomic E-state index is 0.0264. The van der Waals surface area contributed by atoms with Crippen LogP contribution in [-0.2, 0) is 0 Å². The molecule has 0 aliphatic carbocycles. The number of urea groups is 1. The zero-order valence-corrected chi connectivity index (χ0v) is 17.6. The molecule has 2 aromatic rings. The van der Waals surface area contributed by atoms with Crippen LogP contribution >= 0.6 is 11.6 Å². The molecule has 1 unspecified atom stereocenters. The van der Waals surface area contributed by atoms with Crippen molar-refractivity contribution < 1.29 is 27.5 Å². The number of halogens is 4. The Balaban J connectivity index is 1.88. The molecule has 0 aromatic heterocycles. The number of hydrogen-bond donors (Lipinski definition) is 2. The summed E-state index contributed by atoms with van der Waals surface area (Å²) in [4.78, 5) is 26.2. The molecule has 166 valence electrons. The number of nitrogens with one attached hydrogen (secondary N) is 2. The van der Waals surface area contributed by atoms with Crippen LogP contribution in [0.25, 0.3) is 0 Å². The Hall–Kier alpha value is -2.94. The average molecular weight is 456 g/mol. The third-order valence-electron chi connectivity index (χ3n) is 4.54. The van der Waals surface area contributed by atoms with E-state index in [4.69, 9.17) is 16.3 Å². The van der Waals surface area contributed by atoms with E-state index in [1.54, 1.807) is 13.8 Å². The summed E-state index contributed by atoms with van der Waals surface area (Å²) in [5.41, 5.74) is -0.700. The summed E-state index contributed by atoms with van der Waals surface area (Å²) in [5.74, 6) is -2.54. The van der Waals surface area contributed by atoms with Gasteiger partial charge in [0.15, 0.2) is 0 Å². The first-order chi connectivity index (χ1) is 14.7. The molecular formula is C21H21ClF3N3O3. The van der Waals surface area contributed by atoms with Gasteiger partial charge < -0.3 is 20.3 Å². The maximum absolute atomic E-state index is 14.7. The van der Waals surface area contributed by atoms with Crippen molar-refractivity contribution in [3.63, 3.8) is 0 Å². The van der Waals surface area contributed by atoms with Crippen LogP contribution in [0.2, 0.25) is 5.02 Å². The third kappa shape index (κ3) is 5.41. The fourth-order valence-corrected chi connectivity index (χ4v) is 3.28. The number of benzene rings is 2. The van der Waals surface area contributed by atoms with Crippen LogP contribution in [0.3, 0.4) is 0 Å². The zero-order chi connectivity index (χ0) is 22.7. The van der Waals surface area contributed by atoms with E-state index in [9.17, 15) is 22.8 Å². The monoisotopic (exact) mass is 455 g/mol.